The highest BCUT2D eigenvalue weighted by Gasteiger charge is 2.15. The van der Waals surface area contributed by atoms with Crippen molar-refractivity contribution in [3.05, 3.63) is 151 Å². The lowest BCUT2D eigenvalue weighted by molar-refractivity contribution is 0.0698. The van der Waals surface area contributed by atoms with Gasteiger partial charge < -0.3 is 30.5 Å². The van der Waals surface area contributed by atoms with Gasteiger partial charge in [0.05, 0.1) is 39.0 Å². The lowest BCUT2D eigenvalue weighted by Crippen LogP contribution is -2.10. The minimum atomic E-state index is -0.936. The summed E-state index contributed by atoms with van der Waals surface area (Å²) in [5, 5.41) is 49.5. The van der Waals surface area contributed by atoms with E-state index in [1.807, 2.05) is 96.0 Å². The smallest absolute Gasteiger partial charge is 0.337 e. The molecule has 0 fully saturated rings. The van der Waals surface area contributed by atoms with Crippen molar-refractivity contribution in [3.63, 3.8) is 0 Å². The van der Waals surface area contributed by atoms with Crippen LogP contribution in [0.15, 0.2) is 134 Å². The van der Waals surface area contributed by atoms with Gasteiger partial charge >= 0.3 is 5.97 Å². The molecule has 0 saturated carbocycles. The molecule has 0 atom stereocenters. The first-order valence-corrected chi connectivity index (χ1v) is 25.1. The van der Waals surface area contributed by atoms with E-state index in [2.05, 4.69) is 116 Å². The van der Waals surface area contributed by atoms with Gasteiger partial charge in [0, 0.05) is 90.2 Å². The molecule has 2 aromatic carbocycles. The number of hydrogen-bond donors (Lipinski definition) is 5. The van der Waals surface area contributed by atoms with Gasteiger partial charge in [-0.1, -0.05) is 46.7 Å². The molecule has 14 nitrogen and oxygen atoms in total. The molecule has 347 valence electrons. The van der Waals surface area contributed by atoms with E-state index in [-0.39, 0.29) is 23.8 Å². The summed E-state index contributed by atoms with van der Waals surface area (Å²) in [5.41, 5.74) is 9.63. The number of aryl methyl sites for hydroxylation is 2. The minimum absolute atomic E-state index is 0. The fourth-order valence-corrected chi connectivity index (χ4v) is 10.1. The van der Waals surface area contributed by atoms with Crippen LogP contribution in [0.3, 0.4) is 0 Å². The van der Waals surface area contributed by atoms with Crippen LogP contribution in [-0.2, 0) is 0 Å². The van der Waals surface area contributed by atoms with E-state index in [0.717, 1.165) is 77.9 Å². The summed E-state index contributed by atoms with van der Waals surface area (Å²) in [5.74, 6) is 3.79. The summed E-state index contributed by atoms with van der Waals surface area (Å²) in [7, 11) is 11.7. The van der Waals surface area contributed by atoms with Crippen LogP contribution in [0.4, 0.5) is 0 Å². The van der Waals surface area contributed by atoms with Crippen molar-refractivity contribution in [1.29, 1.82) is 5.26 Å². The van der Waals surface area contributed by atoms with Crippen molar-refractivity contribution in [1.82, 2.24) is 20.1 Å². The normalized spacial score (nSPS) is 9.85. The van der Waals surface area contributed by atoms with Gasteiger partial charge in [-0.05, 0) is 120 Å². The Morgan fingerprint density at radius 2 is 1.34 bits per heavy atom. The van der Waals surface area contributed by atoms with Crippen LogP contribution < -0.4 is 16.4 Å². The number of carboxylic acids is 1. The number of fused-ring (bicyclic) bond motifs is 2. The molecule has 0 amide bonds. The first-order chi connectivity index (χ1) is 32.2. The standard InChI is InChI=1S/C16H10BrN3OS.C11H9NO2.C5H5BrN2OS.C5H2BrNS.C5H5BrOS.B3.ClH.H3NO/c1-9-5-6-10-3-2-4-12(14(10)18-9)16-19-15(20-21-16)13-7-11(17)8-22-13;1-7-5-6-8-3-2-4-9(11(13)14)10(8)12-7;6-3-1-4(10-2-3)5(7)8-9;6-4-1-5(2-7)8-3-4;1-7-5-2-4(6)3-8-5;1-3-2;;1-2/h2-8H,1H3;2-6H,1H3,(H,13,14);1-2,9H,(H2,7,8);1,3H;2-3H,1H3;;1H;2H,1H2. The summed E-state index contributed by atoms with van der Waals surface area (Å²) in [6.07, 6.45) is 0. The van der Waals surface area contributed by atoms with E-state index < -0.39 is 5.97 Å². The zero-order valence-electron chi connectivity index (χ0n) is 35.6. The van der Waals surface area contributed by atoms with Crippen molar-refractivity contribution in [2.75, 3.05) is 7.11 Å². The molecule has 0 aliphatic heterocycles. The number of rotatable bonds is 5. The van der Waals surface area contributed by atoms with E-state index >= 15 is 0 Å². The highest BCUT2D eigenvalue weighted by molar-refractivity contribution is 9.11. The average molecular weight is 1260 g/mol. The lowest BCUT2D eigenvalue weighted by Gasteiger charge is -2.02. The number of nitriles is 1. The Labute approximate surface area is 450 Å². The van der Waals surface area contributed by atoms with Crippen LogP contribution in [0.2, 0.25) is 0 Å². The van der Waals surface area contributed by atoms with Gasteiger partial charge in [0.1, 0.15) is 10.9 Å². The number of aromatic carboxylic acids is 1. The third-order valence-corrected chi connectivity index (χ3v) is 14.4. The minimum Gasteiger partial charge on any atom is -0.487 e. The quantitative estimate of drug-likeness (QED) is 0.0355. The second-order valence-electron chi connectivity index (χ2n) is 12.4. The van der Waals surface area contributed by atoms with Crippen LogP contribution in [0.1, 0.15) is 31.5 Å². The van der Waals surface area contributed by atoms with Crippen LogP contribution in [-0.4, -0.2) is 77.1 Å². The zero-order chi connectivity index (χ0) is 49.5. The van der Waals surface area contributed by atoms with Crippen molar-refractivity contribution in [2.45, 2.75) is 13.8 Å². The average Bonchev–Trinajstić information content (AvgIpc) is 4.21. The fourth-order valence-electron chi connectivity index (χ4n) is 4.97. The van der Waals surface area contributed by atoms with E-state index in [0.29, 0.717) is 17.2 Å². The molecule has 0 aliphatic rings. The maximum atomic E-state index is 10.9. The van der Waals surface area contributed by atoms with Crippen LogP contribution in [0.25, 0.3) is 44.0 Å². The zero-order valence-corrected chi connectivity index (χ0v) is 46.0. The predicted octanol–water partition coefficient (Wildman–Crippen LogP) is 12.4. The van der Waals surface area contributed by atoms with Gasteiger partial charge in [0.25, 0.3) is 5.89 Å². The molecule has 26 heteroatoms. The number of carbonyl (C=O) groups is 1. The third kappa shape index (κ3) is 19.2. The predicted molar refractivity (Wildman–Crippen MR) is 295 cm³/mol. The number of hydrogen-bond acceptors (Lipinski definition) is 16. The second-order valence-corrected chi connectivity index (χ2v) is 19.6. The molecule has 7 N–H and O–H groups in total. The molecule has 0 bridgehead atoms. The number of nitrogens with zero attached hydrogens (tertiary/aromatic N) is 6. The van der Waals surface area contributed by atoms with Gasteiger partial charge in [0.2, 0.25) is 5.82 Å². The maximum absolute atomic E-state index is 10.9. The van der Waals surface area contributed by atoms with E-state index in [9.17, 15) is 4.79 Å². The Kier molecular flexibility index (Phi) is 27.8. The van der Waals surface area contributed by atoms with Gasteiger partial charge in [-0.15, -0.1) is 57.8 Å². The molecule has 9 rings (SSSR count). The van der Waals surface area contributed by atoms with Gasteiger partial charge in [-0.3, -0.25) is 9.97 Å². The van der Waals surface area contributed by atoms with Crippen molar-refractivity contribution in [3.8, 4) is 33.3 Å². The molecule has 0 saturated heterocycles. The Balaban J connectivity index is 0.000000300. The molecule has 0 aliphatic carbocycles. The van der Waals surface area contributed by atoms with Crippen LogP contribution in [0.5, 0.6) is 5.06 Å². The van der Waals surface area contributed by atoms with E-state index in [1.165, 1.54) is 22.7 Å². The summed E-state index contributed by atoms with van der Waals surface area (Å²) < 4.78 is 14.4. The lowest BCUT2D eigenvalue weighted by atomic mass is 9.40. The Morgan fingerprint density at radius 1 is 0.794 bits per heavy atom. The van der Waals surface area contributed by atoms with E-state index in [4.69, 9.17) is 35.8 Å². The molecule has 0 unspecified atom stereocenters. The number of para-hydroxylation sites is 2. The summed E-state index contributed by atoms with van der Waals surface area (Å²) in [6.45, 7) is 3.82. The number of methoxy groups -OCH3 is 1. The topological polar surface area (TPSA) is 240 Å². The SMILES string of the molecule is COc1cc(Br)cs1.Cc1ccc2cccc(-c3nc(-c4cc(Br)cs4)no3)c2n1.Cc1ccc2cccc(C(=O)O)c2n1.Cl.N#Cc1cc(Br)cs1.NC(=NO)c1cc(Br)cs1.NO.[B][B][B]. The maximum Gasteiger partial charge on any atom is 0.337 e. The molecule has 68 heavy (non-hydrogen) atoms. The molecule has 7 aromatic heterocycles. The third-order valence-electron chi connectivity index (χ3n) is 7.74. The van der Waals surface area contributed by atoms with Crippen molar-refractivity contribution >= 4 is 178 Å². The Morgan fingerprint density at radius 3 is 1.81 bits per heavy atom. The number of amidine groups is 1. The number of aromatic nitrogens is 4. The Bertz CT molecular complexity index is 3040. The number of carboxylic acid groups (broad SMARTS) is 1. The highest BCUT2D eigenvalue weighted by atomic mass is 79.9. The number of ether oxygens (including phenoxy) is 1. The fraction of sp³-hybridized carbons (Fsp3) is 0.0714. The van der Waals surface area contributed by atoms with Crippen LogP contribution in [0, 0.1) is 25.2 Å². The first-order valence-electron chi connectivity index (χ1n) is 18.4. The number of nitrogens with two attached hydrogens (primary N) is 2. The van der Waals surface area contributed by atoms with Gasteiger partial charge in [-0.25, -0.2) is 10.7 Å². The second kappa shape index (κ2) is 31.6. The summed E-state index contributed by atoms with van der Waals surface area (Å²) in [6, 6.07) is 28.4. The molecule has 9 aromatic rings. The first kappa shape index (κ1) is 59.7. The van der Waals surface area contributed by atoms with E-state index in [1.54, 1.807) is 54.0 Å². The highest BCUT2D eigenvalue weighted by Crippen LogP contribution is 2.32. The molecule has 0 spiro atoms. The largest absolute Gasteiger partial charge is 0.487 e. The number of oxime groups is 1. The number of benzene rings is 2. The van der Waals surface area contributed by atoms with Gasteiger partial charge in [-0.2, -0.15) is 10.2 Å². The monoisotopic (exact) mass is 1260 g/mol. The Hall–Kier alpha value is -4.45. The van der Waals surface area contributed by atoms with Crippen molar-refractivity contribution < 1.29 is 29.6 Å². The molecule has 7 heterocycles. The molecule has 5 radical (unpaired) electrons. The van der Waals surface area contributed by atoms with Gasteiger partial charge in [0.15, 0.2) is 10.9 Å². The number of halogens is 5. The van der Waals surface area contributed by atoms with Crippen molar-refractivity contribution in [2.24, 2.45) is 16.8 Å². The number of pyridine rings is 2. The molecular formula is C42H35B3Br4ClN8O6S4. The molecular weight excluding hydrogens is 1230 g/mol. The summed E-state index contributed by atoms with van der Waals surface area (Å²) >= 11 is 19.2. The van der Waals surface area contributed by atoms with Crippen LogP contribution >= 0.6 is 121 Å². The summed E-state index contributed by atoms with van der Waals surface area (Å²) in [4.78, 5) is 26.7. The number of thiophene rings is 4.